The number of rotatable bonds is 5. The van der Waals surface area contributed by atoms with E-state index in [1.165, 1.54) is 16.2 Å². The Balaban J connectivity index is 1.35. The van der Waals surface area contributed by atoms with Gasteiger partial charge in [0.05, 0.1) is 48.1 Å². The highest BCUT2D eigenvalue weighted by Gasteiger charge is 2.41. The quantitative estimate of drug-likeness (QED) is 0.364. The Kier molecular flexibility index (Phi) is 5.73. The number of nitrogens with zero attached hydrogens (tertiary/aromatic N) is 4. The summed E-state index contributed by atoms with van der Waals surface area (Å²) in [5.41, 5.74) is 7.66. The van der Waals surface area contributed by atoms with Gasteiger partial charge in [0.1, 0.15) is 11.6 Å². The lowest BCUT2D eigenvalue weighted by molar-refractivity contribution is -0.135. The Bertz CT molecular complexity index is 1510. The number of fused-ring (bicyclic) bond motifs is 1. The van der Waals surface area contributed by atoms with Gasteiger partial charge in [-0.15, -0.1) is 0 Å². The molecule has 1 aliphatic carbocycles. The molecule has 1 fully saturated rings. The van der Waals surface area contributed by atoms with Crippen molar-refractivity contribution in [2.75, 3.05) is 18.5 Å². The molecule has 10 heteroatoms. The summed E-state index contributed by atoms with van der Waals surface area (Å²) in [5, 5.41) is 7.75. The Morgan fingerprint density at radius 1 is 1.14 bits per heavy atom. The fourth-order valence-corrected chi connectivity index (χ4v) is 5.15. The molecular formula is C27H25F3N6O. The molecule has 6 rings (SSSR count). The highest BCUT2D eigenvalue weighted by atomic mass is 19.1. The number of nitrogens with two attached hydrogens (primary N) is 1. The Morgan fingerprint density at radius 2 is 1.92 bits per heavy atom. The van der Waals surface area contributed by atoms with Gasteiger partial charge >= 0.3 is 0 Å². The maximum atomic E-state index is 15.0. The molecule has 1 aliphatic heterocycles. The zero-order chi connectivity index (χ0) is 25.7. The van der Waals surface area contributed by atoms with Crippen LogP contribution in [0.1, 0.15) is 36.8 Å². The summed E-state index contributed by atoms with van der Waals surface area (Å²) in [6, 6.07) is 7.14. The van der Waals surface area contributed by atoms with Crippen LogP contribution in [0.3, 0.4) is 0 Å². The molecule has 2 aliphatic rings. The number of pyridine rings is 1. The number of nitrogens with one attached hydrogen (secondary N) is 1. The summed E-state index contributed by atoms with van der Waals surface area (Å²) in [7, 11) is 0. The summed E-state index contributed by atoms with van der Waals surface area (Å²) in [6.45, 7) is 1.63. The SMILES string of the molecule is CC1=C[C@H](N)C[C@H](c2ccncc2Nc2ncc3ccc(-c4c(F)cc(C5(F)COC5)cc4F)nn23)C1. The number of imidazole rings is 1. The van der Waals surface area contributed by atoms with Crippen molar-refractivity contribution in [1.82, 2.24) is 19.6 Å². The average molecular weight is 507 g/mol. The standard InChI is InChI=1S/C27H25F3N6O/c1-15-6-16(8-18(31)7-15)20-4-5-32-12-24(20)34-26-33-11-19-2-3-23(35-36(19)26)25-21(28)9-17(10-22(25)29)27(30)13-37-14-27/h2-5,7,9-12,16,18H,6,8,13-14,31H2,1H3,(H,33,34)/t16-,18+/m1/s1. The molecule has 1 saturated heterocycles. The van der Waals surface area contributed by atoms with Crippen LogP contribution in [-0.4, -0.2) is 38.8 Å². The van der Waals surface area contributed by atoms with Crippen LogP contribution in [0.15, 0.2) is 60.6 Å². The van der Waals surface area contributed by atoms with Crippen molar-refractivity contribution in [3.05, 3.63) is 83.3 Å². The minimum absolute atomic E-state index is 0.0171. The third kappa shape index (κ3) is 4.25. The molecule has 3 aromatic heterocycles. The molecule has 7 nitrogen and oxygen atoms in total. The third-order valence-corrected chi connectivity index (χ3v) is 7.03. The molecule has 0 radical (unpaired) electrons. The summed E-state index contributed by atoms with van der Waals surface area (Å²) >= 11 is 0. The monoisotopic (exact) mass is 506 g/mol. The first-order valence-electron chi connectivity index (χ1n) is 12.1. The number of hydrogen-bond donors (Lipinski definition) is 2. The van der Waals surface area contributed by atoms with Gasteiger partial charge in [0.15, 0.2) is 5.67 Å². The molecule has 37 heavy (non-hydrogen) atoms. The van der Waals surface area contributed by atoms with Gasteiger partial charge in [-0.25, -0.2) is 18.2 Å². The van der Waals surface area contributed by atoms with Crippen molar-refractivity contribution in [2.24, 2.45) is 5.73 Å². The Hall–Kier alpha value is -3.76. The van der Waals surface area contributed by atoms with E-state index in [4.69, 9.17) is 10.5 Å². The van der Waals surface area contributed by atoms with Crippen molar-refractivity contribution in [3.8, 4) is 11.3 Å². The van der Waals surface area contributed by atoms with Crippen molar-refractivity contribution in [3.63, 3.8) is 0 Å². The van der Waals surface area contributed by atoms with Gasteiger partial charge < -0.3 is 15.8 Å². The van der Waals surface area contributed by atoms with E-state index in [2.05, 4.69) is 33.4 Å². The molecule has 2 atom stereocenters. The van der Waals surface area contributed by atoms with Crippen LogP contribution in [0.5, 0.6) is 0 Å². The highest BCUT2D eigenvalue weighted by molar-refractivity contribution is 5.66. The summed E-state index contributed by atoms with van der Waals surface area (Å²) in [4.78, 5) is 8.69. The highest BCUT2D eigenvalue weighted by Crippen LogP contribution is 2.38. The summed E-state index contributed by atoms with van der Waals surface area (Å²) in [6.07, 6.45) is 8.86. The normalized spacial score (nSPS) is 20.9. The number of benzene rings is 1. The second-order valence-corrected chi connectivity index (χ2v) is 9.81. The second kappa shape index (κ2) is 8.97. The van der Waals surface area contributed by atoms with E-state index in [1.54, 1.807) is 24.7 Å². The lowest BCUT2D eigenvalue weighted by atomic mass is 9.82. The van der Waals surface area contributed by atoms with Crippen molar-refractivity contribution < 1.29 is 17.9 Å². The van der Waals surface area contributed by atoms with E-state index in [1.807, 2.05) is 6.07 Å². The van der Waals surface area contributed by atoms with Crippen LogP contribution in [-0.2, 0) is 10.4 Å². The van der Waals surface area contributed by atoms with Crippen LogP contribution in [0, 0.1) is 11.6 Å². The molecular weight excluding hydrogens is 481 g/mol. The van der Waals surface area contributed by atoms with Crippen molar-refractivity contribution in [2.45, 2.75) is 37.4 Å². The molecule has 3 N–H and O–H groups in total. The number of hydrogen-bond acceptors (Lipinski definition) is 6. The van der Waals surface area contributed by atoms with Gasteiger partial charge in [-0.2, -0.15) is 9.61 Å². The molecule has 0 saturated carbocycles. The molecule has 0 spiro atoms. The first kappa shape index (κ1) is 23.6. The fraction of sp³-hybridized carbons (Fsp3) is 0.296. The number of aromatic nitrogens is 4. The van der Waals surface area contributed by atoms with Crippen LogP contribution >= 0.6 is 0 Å². The number of allylic oxidation sites excluding steroid dienone is 1. The van der Waals surface area contributed by atoms with Crippen LogP contribution < -0.4 is 11.1 Å². The molecule has 4 aromatic rings. The first-order chi connectivity index (χ1) is 17.8. The van der Waals surface area contributed by atoms with E-state index in [0.717, 1.165) is 36.2 Å². The van der Waals surface area contributed by atoms with Gasteiger partial charge in [0.2, 0.25) is 5.95 Å². The number of ether oxygens (including phenoxy) is 1. The fourth-order valence-electron chi connectivity index (χ4n) is 5.15. The maximum absolute atomic E-state index is 15.0. The van der Waals surface area contributed by atoms with Crippen LogP contribution in [0.2, 0.25) is 0 Å². The van der Waals surface area contributed by atoms with Crippen molar-refractivity contribution >= 4 is 17.2 Å². The molecule has 4 heterocycles. The molecule has 0 amide bonds. The van der Waals surface area contributed by atoms with E-state index < -0.39 is 17.3 Å². The lowest BCUT2D eigenvalue weighted by Crippen LogP contribution is -2.42. The van der Waals surface area contributed by atoms with Gasteiger partial charge in [0.25, 0.3) is 0 Å². The van der Waals surface area contributed by atoms with Gasteiger partial charge in [-0.05, 0) is 67.1 Å². The number of alkyl halides is 1. The zero-order valence-corrected chi connectivity index (χ0v) is 20.1. The topological polar surface area (TPSA) is 90.4 Å². The smallest absolute Gasteiger partial charge is 0.229 e. The lowest BCUT2D eigenvalue weighted by Gasteiger charge is -2.34. The van der Waals surface area contributed by atoms with Gasteiger partial charge in [0, 0.05) is 12.2 Å². The van der Waals surface area contributed by atoms with Gasteiger partial charge in [-0.3, -0.25) is 4.98 Å². The average Bonchev–Trinajstić information content (AvgIpc) is 3.24. The second-order valence-electron chi connectivity index (χ2n) is 9.81. The van der Waals surface area contributed by atoms with Crippen LogP contribution in [0.4, 0.5) is 24.8 Å². The number of anilines is 2. The molecule has 0 bridgehead atoms. The Morgan fingerprint density at radius 3 is 2.62 bits per heavy atom. The van der Waals surface area contributed by atoms with Crippen LogP contribution in [0.25, 0.3) is 16.8 Å². The predicted molar refractivity (Wildman–Crippen MR) is 133 cm³/mol. The predicted octanol–water partition coefficient (Wildman–Crippen LogP) is 5.16. The number of halogens is 3. The summed E-state index contributed by atoms with van der Waals surface area (Å²) in [5.74, 6) is -1.22. The minimum Gasteiger partial charge on any atom is -0.374 e. The van der Waals surface area contributed by atoms with E-state index in [-0.39, 0.29) is 42.0 Å². The van der Waals surface area contributed by atoms with E-state index in [0.29, 0.717) is 11.5 Å². The summed E-state index contributed by atoms with van der Waals surface area (Å²) < 4.78 is 51.1. The maximum Gasteiger partial charge on any atom is 0.229 e. The van der Waals surface area contributed by atoms with E-state index in [9.17, 15) is 4.39 Å². The molecule has 1 aromatic carbocycles. The first-order valence-corrected chi connectivity index (χ1v) is 12.1. The van der Waals surface area contributed by atoms with E-state index >= 15 is 8.78 Å². The third-order valence-electron chi connectivity index (χ3n) is 7.03. The minimum atomic E-state index is -1.88. The zero-order valence-electron chi connectivity index (χ0n) is 20.1. The van der Waals surface area contributed by atoms with Gasteiger partial charge in [-0.1, -0.05) is 11.6 Å². The van der Waals surface area contributed by atoms with Crippen molar-refractivity contribution in [1.29, 1.82) is 0 Å². The molecule has 190 valence electrons. The Labute approximate surface area is 211 Å². The largest absolute Gasteiger partial charge is 0.374 e. The molecule has 0 unspecified atom stereocenters.